The van der Waals surface area contributed by atoms with E-state index in [1.165, 1.54) is 14.2 Å². The maximum Gasteiger partial charge on any atom is 0.341 e. The summed E-state index contributed by atoms with van der Waals surface area (Å²) in [7, 11) is 2.93. The van der Waals surface area contributed by atoms with E-state index in [4.69, 9.17) is 29.2 Å². The van der Waals surface area contributed by atoms with Crippen LogP contribution in [0.3, 0.4) is 0 Å². The van der Waals surface area contributed by atoms with Crippen molar-refractivity contribution in [3.05, 3.63) is 58.7 Å². The predicted octanol–water partition coefficient (Wildman–Crippen LogP) is 5.12. The van der Waals surface area contributed by atoms with Gasteiger partial charge >= 0.3 is 11.9 Å². The number of ketones is 1. The van der Waals surface area contributed by atoms with Gasteiger partial charge in [-0.3, -0.25) is 4.79 Å². The van der Waals surface area contributed by atoms with Gasteiger partial charge in [-0.15, -0.1) is 0 Å². The number of carboxylic acids is 2. The monoisotopic (exact) mass is 538 g/mol. The minimum Gasteiger partial charge on any atom is -0.493 e. The van der Waals surface area contributed by atoms with Gasteiger partial charge in [-0.25, -0.2) is 9.59 Å². The number of carbonyl (C=O) groups is 3. The van der Waals surface area contributed by atoms with Crippen LogP contribution in [0.4, 0.5) is 0 Å². The van der Waals surface area contributed by atoms with Gasteiger partial charge in [-0.05, 0) is 71.7 Å². The Hall–Kier alpha value is -4.27. The van der Waals surface area contributed by atoms with Gasteiger partial charge in [-0.2, -0.15) is 0 Å². The standard InChI is InChI=1S/C30H34O9/c1-30(2,3)22-14-20(10-18-6-8-23(25(12-18)36-4)38-16-27(31)32)29(35)21(15-22)11-19-7-9-24(26(13-19)37-5)39-17-28(33)34/h6-13,22H,14-17H2,1-5H3,(H,31,32)(H,33,34)/b20-10-,21-11-. The van der Waals surface area contributed by atoms with E-state index in [1.54, 1.807) is 36.4 Å². The fraction of sp³-hybridized carbons (Fsp3) is 0.367. The summed E-state index contributed by atoms with van der Waals surface area (Å²) in [5.74, 6) is -0.709. The third-order valence-electron chi connectivity index (χ3n) is 6.50. The third kappa shape index (κ3) is 7.86. The Labute approximate surface area is 227 Å². The van der Waals surface area contributed by atoms with E-state index >= 15 is 0 Å². The number of allylic oxidation sites excluding steroid dienone is 2. The molecule has 1 fully saturated rings. The Morgan fingerprint density at radius 2 is 1.21 bits per heavy atom. The van der Waals surface area contributed by atoms with Gasteiger partial charge < -0.3 is 29.2 Å². The number of ether oxygens (including phenoxy) is 4. The highest BCUT2D eigenvalue weighted by molar-refractivity contribution is 6.14. The molecule has 0 aliphatic heterocycles. The molecule has 0 bridgehead atoms. The van der Waals surface area contributed by atoms with E-state index in [2.05, 4.69) is 20.8 Å². The largest absolute Gasteiger partial charge is 0.493 e. The molecule has 2 N–H and O–H groups in total. The van der Waals surface area contributed by atoms with Crippen LogP contribution in [0, 0.1) is 11.3 Å². The Balaban J connectivity index is 1.97. The third-order valence-corrected chi connectivity index (χ3v) is 6.50. The number of carbonyl (C=O) groups excluding carboxylic acids is 1. The Morgan fingerprint density at radius 1 is 0.795 bits per heavy atom. The van der Waals surface area contributed by atoms with Gasteiger partial charge in [0.25, 0.3) is 0 Å². The summed E-state index contributed by atoms with van der Waals surface area (Å²) in [6, 6.07) is 10.2. The van der Waals surface area contributed by atoms with Crippen LogP contribution in [0.2, 0.25) is 0 Å². The highest BCUT2D eigenvalue weighted by atomic mass is 16.5. The second-order valence-electron chi connectivity index (χ2n) is 10.3. The number of aliphatic carboxylic acids is 2. The topological polar surface area (TPSA) is 129 Å². The minimum atomic E-state index is -1.09. The molecule has 0 heterocycles. The number of hydrogen-bond acceptors (Lipinski definition) is 7. The van der Waals surface area contributed by atoms with Gasteiger partial charge in [-0.1, -0.05) is 32.9 Å². The highest BCUT2D eigenvalue weighted by Gasteiger charge is 2.34. The second-order valence-corrected chi connectivity index (χ2v) is 10.3. The molecule has 2 aromatic carbocycles. The fourth-order valence-corrected chi connectivity index (χ4v) is 4.32. The summed E-state index contributed by atoms with van der Waals surface area (Å²) in [6.45, 7) is 5.47. The van der Waals surface area contributed by atoms with Crippen LogP contribution in [0.1, 0.15) is 44.7 Å². The first-order chi connectivity index (χ1) is 18.4. The molecule has 0 amide bonds. The zero-order valence-electron chi connectivity index (χ0n) is 22.8. The first-order valence-corrected chi connectivity index (χ1v) is 12.4. The minimum absolute atomic E-state index is 0.0582. The van der Waals surface area contributed by atoms with E-state index in [0.717, 1.165) is 11.1 Å². The molecule has 0 atom stereocenters. The lowest BCUT2D eigenvalue weighted by molar-refractivity contribution is -0.140. The molecule has 39 heavy (non-hydrogen) atoms. The van der Waals surface area contributed by atoms with Gasteiger partial charge in [0.05, 0.1) is 14.2 Å². The van der Waals surface area contributed by atoms with Crippen molar-refractivity contribution in [1.82, 2.24) is 0 Å². The first kappa shape index (κ1) is 29.3. The van der Waals surface area contributed by atoms with Gasteiger partial charge in [0.1, 0.15) is 0 Å². The number of Topliss-reactive ketones (excluding diaryl/α,β-unsaturated/α-hetero) is 1. The average molecular weight is 539 g/mol. The number of carboxylic acid groups (broad SMARTS) is 2. The molecule has 0 unspecified atom stereocenters. The first-order valence-electron chi connectivity index (χ1n) is 12.4. The lowest BCUT2D eigenvalue weighted by Gasteiger charge is -2.35. The number of benzene rings is 2. The quantitative estimate of drug-likeness (QED) is 0.396. The van der Waals surface area contributed by atoms with Crippen molar-refractivity contribution in [3.63, 3.8) is 0 Å². The highest BCUT2D eigenvalue weighted by Crippen LogP contribution is 2.42. The molecule has 2 aromatic rings. The van der Waals surface area contributed by atoms with Crippen LogP contribution in [0.15, 0.2) is 47.5 Å². The van der Waals surface area contributed by atoms with Gasteiger partial charge in [0.2, 0.25) is 0 Å². The van der Waals surface area contributed by atoms with Crippen molar-refractivity contribution in [1.29, 1.82) is 0 Å². The Morgan fingerprint density at radius 3 is 1.54 bits per heavy atom. The summed E-state index contributed by atoms with van der Waals surface area (Å²) >= 11 is 0. The molecule has 0 radical (unpaired) electrons. The summed E-state index contributed by atoms with van der Waals surface area (Å²) in [4.78, 5) is 35.4. The Kier molecular flexibility index (Phi) is 9.40. The molecule has 208 valence electrons. The van der Waals surface area contributed by atoms with Gasteiger partial charge in [0.15, 0.2) is 42.0 Å². The van der Waals surface area contributed by atoms with E-state index in [-0.39, 0.29) is 17.1 Å². The number of hydrogen-bond donors (Lipinski definition) is 2. The summed E-state index contributed by atoms with van der Waals surface area (Å²) in [5.41, 5.74) is 2.71. The van der Waals surface area contributed by atoms with E-state index in [1.807, 2.05) is 12.2 Å². The molecule has 0 saturated heterocycles. The zero-order valence-corrected chi connectivity index (χ0v) is 22.8. The van der Waals surface area contributed by atoms with Crippen molar-refractivity contribution in [2.75, 3.05) is 27.4 Å². The lowest BCUT2D eigenvalue weighted by atomic mass is 9.68. The van der Waals surface area contributed by atoms with Crippen molar-refractivity contribution in [2.24, 2.45) is 11.3 Å². The predicted molar refractivity (Wildman–Crippen MR) is 145 cm³/mol. The SMILES string of the molecule is COc1cc(/C=C2/CC(C(C)(C)C)C/C(=C/c3ccc(OCC(=O)O)c(OC)c3)C2=O)ccc1OCC(=O)O. The molecular formula is C30H34O9. The van der Waals surface area contributed by atoms with Gasteiger partial charge in [0, 0.05) is 11.1 Å². The van der Waals surface area contributed by atoms with Crippen molar-refractivity contribution < 1.29 is 43.5 Å². The number of rotatable bonds is 10. The van der Waals surface area contributed by atoms with Crippen LogP contribution < -0.4 is 18.9 Å². The molecule has 9 nitrogen and oxygen atoms in total. The van der Waals surface area contributed by atoms with E-state index < -0.39 is 25.2 Å². The van der Waals surface area contributed by atoms with Crippen LogP contribution in [-0.4, -0.2) is 55.4 Å². The Bertz CT molecular complexity index is 1210. The van der Waals surface area contributed by atoms with Crippen LogP contribution >= 0.6 is 0 Å². The summed E-state index contributed by atoms with van der Waals surface area (Å²) in [6.07, 6.45) is 4.87. The van der Waals surface area contributed by atoms with Crippen LogP contribution in [0.5, 0.6) is 23.0 Å². The zero-order chi connectivity index (χ0) is 28.7. The molecule has 0 aromatic heterocycles. The van der Waals surface area contributed by atoms with Crippen molar-refractivity contribution >= 4 is 29.9 Å². The smallest absolute Gasteiger partial charge is 0.341 e. The second kappa shape index (κ2) is 12.5. The lowest BCUT2D eigenvalue weighted by Crippen LogP contribution is -2.29. The molecule has 3 rings (SSSR count). The molecule has 0 spiro atoms. The van der Waals surface area contributed by atoms with Crippen LogP contribution in [-0.2, 0) is 14.4 Å². The van der Waals surface area contributed by atoms with Crippen molar-refractivity contribution in [3.8, 4) is 23.0 Å². The summed E-state index contributed by atoms with van der Waals surface area (Å²) < 4.78 is 21.3. The van der Waals surface area contributed by atoms with E-state index in [0.29, 0.717) is 47.0 Å². The van der Waals surface area contributed by atoms with E-state index in [9.17, 15) is 14.4 Å². The normalized spacial score (nSPS) is 17.7. The molecule has 1 aliphatic carbocycles. The molecular weight excluding hydrogens is 504 g/mol. The van der Waals surface area contributed by atoms with Crippen LogP contribution in [0.25, 0.3) is 12.2 Å². The summed E-state index contributed by atoms with van der Waals surface area (Å²) in [5, 5.41) is 17.8. The molecule has 1 aliphatic rings. The average Bonchev–Trinajstić information content (AvgIpc) is 2.88. The van der Waals surface area contributed by atoms with Crippen molar-refractivity contribution in [2.45, 2.75) is 33.6 Å². The number of methoxy groups -OCH3 is 2. The maximum atomic E-state index is 13.6. The molecule has 9 heteroatoms. The maximum absolute atomic E-state index is 13.6. The molecule has 1 saturated carbocycles. The fourth-order valence-electron chi connectivity index (χ4n) is 4.32.